The molecule has 1 saturated heterocycles. The molecule has 1 fully saturated rings. The minimum Gasteiger partial charge on any atom is -0.368 e. The van der Waals surface area contributed by atoms with E-state index in [1.807, 2.05) is 46.2 Å². The molecule has 8 heteroatoms. The van der Waals surface area contributed by atoms with Crippen molar-refractivity contribution in [3.05, 3.63) is 101 Å². The lowest BCUT2D eigenvalue weighted by molar-refractivity contribution is -0.137. The van der Waals surface area contributed by atoms with Gasteiger partial charge in [0.1, 0.15) is 0 Å². The van der Waals surface area contributed by atoms with Crippen LogP contribution in [0.1, 0.15) is 44.6 Å². The van der Waals surface area contributed by atoms with Crippen LogP contribution >= 0.6 is 0 Å². The van der Waals surface area contributed by atoms with Crippen LogP contribution in [0.15, 0.2) is 72.8 Å². The van der Waals surface area contributed by atoms with Crippen molar-refractivity contribution < 1.29 is 22.8 Å². The molecule has 0 spiro atoms. The fraction of sp³-hybridized carbons (Fsp3) is 0.310. The molecule has 3 aromatic carbocycles. The highest BCUT2D eigenvalue weighted by molar-refractivity contribution is 6.01. The van der Waals surface area contributed by atoms with Gasteiger partial charge in [0.25, 0.3) is 5.91 Å². The zero-order chi connectivity index (χ0) is 25.7. The zero-order valence-electron chi connectivity index (χ0n) is 20.1. The lowest BCUT2D eigenvalue weighted by Crippen LogP contribution is -2.54. The van der Waals surface area contributed by atoms with E-state index in [0.717, 1.165) is 35.2 Å². The van der Waals surface area contributed by atoms with E-state index in [0.29, 0.717) is 44.0 Å². The van der Waals surface area contributed by atoms with Crippen molar-refractivity contribution in [1.82, 2.24) is 9.80 Å². The molecule has 0 unspecified atom stereocenters. The molecule has 0 aliphatic carbocycles. The summed E-state index contributed by atoms with van der Waals surface area (Å²) in [5.74, 6) is -0.626. The largest absolute Gasteiger partial charge is 0.416 e. The first-order chi connectivity index (χ1) is 17.8. The third-order valence-electron chi connectivity index (χ3n) is 7.83. The number of piperazine rings is 1. The van der Waals surface area contributed by atoms with Crippen LogP contribution in [-0.2, 0) is 17.4 Å². The summed E-state index contributed by atoms with van der Waals surface area (Å²) in [5, 5.41) is 0. The maximum atomic E-state index is 14.1. The first-order valence-electron chi connectivity index (χ1n) is 12.5. The van der Waals surface area contributed by atoms with Crippen LogP contribution in [0.3, 0.4) is 0 Å². The van der Waals surface area contributed by atoms with Gasteiger partial charge in [-0.3, -0.25) is 9.59 Å². The number of rotatable bonds is 2. The normalized spacial score (nSPS) is 21.3. The van der Waals surface area contributed by atoms with Gasteiger partial charge in [-0.15, -0.1) is 0 Å². The molecule has 0 aromatic heterocycles. The summed E-state index contributed by atoms with van der Waals surface area (Å²) >= 11 is 0. The van der Waals surface area contributed by atoms with E-state index in [1.165, 1.54) is 6.07 Å². The maximum Gasteiger partial charge on any atom is 0.416 e. The van der Waals surface area contributed by atoms with E-state index in [2.05, 4.69) is 6.07 Å². The molecule has 37 heavy (non-hydrogen) atoms. The summed E-state index contributed by atoms with van der Waals surface area (Å²) in [6, 6.07) is 20.3. The predicted octanol–water partition coefficient (Wildman–Crippen LogP) is 4.89. The van der Waals surface area contributed by atoms with Crippen molar-refractivity contribution in [2.45, 2.75) is 24.6 Å². The number of nitrogens with zero attached hydrogens (tertiary/aromatic N) is 3. The van der Waals surface area contributed by atoms with E-state index >= 15 is 0 Å². The molecular formula is C29H26F3N3O2. The monoisotopic (exact) mass is 505 g/mol. The van der Waals surface area contributed by atoms with Crippen molar-refractivity contribution in [3.8, 4) is 0 Å². The number of anilines is 1. The molecule has 5 nitrogen and oxygen atoms in total. The summed E-state index contributed by atoms with van der Waals surface area (Å²) in [5.41, 5.74) is 3.31. The average molecular weight is 506 g/mol. The third-order valence-corrected chi connectivity index (χ3v) is 7.83. The number of fused-ring (bicyclic) bond motifs is 4. The Morgan fingerprint density at radius 3 is 2.27 bits per heavy atom. The van der Waals surface area contributed by atoms with Crippen LogP contribution in [0.4, 0.5) is 18.9 Å². The Hall–Kier alpha value is -3.81. The minimum absolute atomic E-state index is 0.0460. The molecule has 3 aromatic rings. The first-order valence-corrected chi connectivity index (χ1v) is 12.5. The molecule has 0 saturated carbocycles. The van der Waals surface area contributed by atoms with Crippen molar-refractivity contribution in [2.24, 2.45) is 0 Å². The zero-order valence-corrected chi connectivity index (χ0v) is 20.1. The van der Waals surface area contributed by atoms with Crippen LogP contribution < -0.4 is 4.90 Å². The highest BCUT2D eigenvalue weighted by Gasteiger charge is 2.47. The van der Waals surface area contributed by atoms with Gasteiger partial charge in [0, 0.05) is 44.0 Å². The summed E-state index contributed by atoms with van der Waals surface area (Å²) in [4.78, 5) is 33.1. The Labute approximate surface area is 213 Å². The molecular weight excluding hydrogens is 479 g/mol. The quantitative estimate of drug-likeness (QED) is 0.498. The molecule has 6 rings (SSSR count). The maximum absolute atomic E-state index is 14.1. The highest BCUT2D eigenvalue weighted by Crippen LogP contribution is 2.46. The molecule has 190 valence electrons. The highest BCUT2D eigenvalue weighted by atomic mass is 19.4. The second-order valence-corrected chi connectivity index (χ2v) is 9.82. The summed E-state index contributed by atoms with van der Waals surface area (Å²) in [7, 11) is 0. The number of carbonyl (C=O) groups is 2. The van der Waals surface area contributed by atoms with Crippen molar-refractivity contribution >= 4 is 17.5 Å². The molecule has 3 aliphatic rings. The average Bonchev–Trinajstić information content (AvgIpc) is 2.92. The summed E-state index contributed by atoms with van der Waals surface area (Å²) in [6.07, 6.45) is -3.65. The molecule has 2 atom stereocenters. The number of halogens is 3. The van der Waals surface area contributed by atoms with Crippen LogP contribution in [-0.4, -0.2) is 54.3 Å². The number of amides is 2. The standard InChI is InChI=1S/C29H26F3N3O2/c30-29(31,32)20-7-5-8-21(18-20)33-14-16-34(17-15-33)28(37)25-23-10-3-4-11-24(23)27(36)35-13-12-19-6-1-2-9-22(19)26(25)35/h1-11,18,25-26H,12-17H2/t25-,26+/m1/s1. The first kappa shape index (κ1) is 23.6. The number of carbonyl (C=O) groups excluding carboxylic acids is 2. The second kappa shape index (κ2) is 8.94. The predicted molar refractivity (Wildman–Crippen MR) is 133 cm³/mol. The van der Waals surface area contributed by atoms with Gasteiger partial charge >= 0.3 is 6.18 Å². The molecule has 0 radical (unpaired) electrons. The summed E-state index contributed by atoms with van der Waals surface area (Å²) in [6.45, 7) is 2.23. The van der Waals surface area contributed by atoms with E-state index in [4.69, 9.17) is 0 Å². The number of hydrogen-bond donors (Lipinski definition) is 0. The van der Waals surface area contributed by atoms with E-state index in [1.54, 1.807) is 17.0 Å². The van der Waals surface area contributed by atoms with Crippen molar-refractivity contribution in [1.29, 1.82) is 0 Å². The SMILES string of the molecule is O=C([C@@H]1c2ccccc2C(=O)N2CCc3ccccc3[C@@H]12)N1CCN(c2cccc(C(F)(F)F)c2)CC1. The van der Waals surface area contributed by atoms with E-state index < -0.39 is 17.7 Å². The van der Waals surface area contributed by atoms with E-state index in [9.17, 15) is 22.8 Å². The summed E-state index contributed by atoms with van der Waals surface area (Å²) < 4.78 is 39.6. The van der Waals surface area contributed by atoms with Gasteiger partial charge in [-0.2, -0.15) is 13.2 Å². The van der Waals surface area contributed by atoms with Crippen LogP contribution in [0, 0.1) is 0 Å². The molecule has 3 aliphatic heterocycles. The molecule has 0 N–H and O–H groups in total. The number of hydrogen-bond acceptors (Lipinski definition) is 3. The topological polar surface area (TPSA) is 43.9 Å². The molecule has 0 bridgehead atoms. The van der Waals surface area contributed by atoms with E-state index in [-0.39, 0.29) is 17.9 Å². The fourth-order valence-electron chi connectivity index (χ4n) is 6.00. The Kier molecular flexibility index (Phi) is 5.70. The lowest BCUT2D eigenvalue weighted by Gasteiger charge is -2.47. The van der Waals surface area contributed by atoms with Gasteiger partial charge < -0.3 is 14.7 Å². The lowest BCUT2D eigenvalue weighted by atomic mass is 9.75. The fourth-order valence-corrected chi connectivity index (χ4v) is 6.00. The van der Waals surface area contributed by atoms with Crippen LogP contribution in [0.2, 0.25) is 0 Å². The molecule has 3 heterocycles. The van der Waals surface area contributed by atoms with Gasteiger partial charge in [0.15, 0.2) is 0 Å². The molecule has 2 amide bonds. The Morgan fingerprint density at radius 1 is 0.811 bits per heavy atom. The van der Waals surface area contributed by atoms with Gasteiger partial charge in [-0.1, -0.05) is 48.5 Å². The Balaban J connectivity index is 1.29. The Morgan fingerprint density at radius 2 is 1.51 bits per heavy atom. The minimum atomic E-state index is -4.40. The number of alkyl halides is 3. The van der Waals surface area contributed by atoms with Crippen molar-refractivity contribution in [2.75, 3.05) is 37.6 Å². The Bertz CT molecular complexity index is 1360. The third kappa shape index (κ3) is 4.04. The second-order valence-electron chi connectivity index (χ2n) is 9.82. The van der Waals surface area contributed by atoms with Gasteiger partial charge in [-0.05, 0) is 47.4 Å². The number of benzene rings is 3. The van der Waals surface area contributed by atoms with Gasteiger partial charge in [-0.25, -0.2) is 0 Å². The smallest absolute Gasteiger partial charge is 0.368 e. The van der Waals surface area contributed by atoms with Gasteiger partial charge in [0.05, 0.1) is 17.5 Å². The van der Waals surface area contributed by atoms with Gasteiger partial charge in [0.2, 0.25) is 5.91 Å². The van der Waals surface area contributed by atoms with Crippen molar-refractivity contribution in [3.63, 3.8) is 0 Å². The van der Waals surface area contributed by atoms with Crippen LogP contribution in [0.5, 0.6) is 0 Å². The van der Waals surface area contributed by atoms with Crippen LogP contribution in [0.25, 0.3) is 0 Å².